The minimum absolute atomic E-state index is 0.0148. The molecule has 2 heterocycles. The molecule has 0 saturated heterocycles. The Morgan fingerprint density at radius 2 is 1.54 bits per heavy atom. The number of aliphatic imine (C=N–C) groups is 1. The summed E-state index contributed by atoms with van der Waals surface area (Å²) in [5.41, 5.74) is 4.03. The van der Waals surface area contributed by atoms with Crippen LogP contribution < -0.4 is 5.32 Å². The van der Waals surface area contributed by atoms with Crippen molar-refractivity contribution in [1.82, 2.24) is 5.32 Å². The maximum atomic E-state index is 12.8. The lowest BCUT2D eigenvalue weighted by Gasteiger charge is -2.04. The Bertz CT molecular complexity index is 1520. The number of benzene rings is 2. The Balaban J connectivity index is 1.32. The number of nitrogens with zero attached hydrogens (tertiary/aromatic N) is 1. The van der Waals surface area contributed by atoms with Crippen LogP contribution in [-0.4, -0.2) is 34.8 Å². The zero-order valence-corrected chi connectivity index (χ0v) is 23.9. The normalized spacial score (nSPS) is 11.4. The highest BCUT2D eigenvalue weighted by molar-refractivity contribution is 7.16. The summed E-state index contributed by atoms with van der Waals surface area (Å²) in [4.78, 5) is 42.7. The fraction of sp³-hybridized carbons (Fsp3) is 0.200. The number of nitrogens with one attached hydrogen (secondary N) is 1. The molecule has 0 bridgehead atoms. The van der Waals surface area contributed by atoms with Crippen LogP contribution in [0.4, 0.5) is 0 Å². The van der Waals surface area contributed by atoms with Gasteiger partial charge >= 0.3 is 0 Å². The van der Waals surface area contributed by atoms with Crippen LogP contribution in [0.5, 0.6) is 5.75 Å². The molecule has 1 amide bonds. The molecule has 0 radical (unpaired) electrons. The SMILES string of the molecule is CC(=O)NCc1ccc(CCC(=O)c2ccc(C(=O)CN=C(C)c3csc(-c4ccc(Cl)cc4)c3O)s2)cc1. The number of Topliss-reactive ketones (excluding diaryl/α,β-unsaturated/α-hetero) is 2. The Morgan fingerprint density at radius 3 is 2.21 bits per heavy atom. The van der Waals surface area contributed by atoms with Crippen molar-refractivity contribution >= 4 is 57.5 Å². The van der Waals surface area contributed by atoms with Gasteiger partial charge in [0, 0.05) is 41.6 Å². The number of aryl methyl sites for hydroxylation is 1. The molecule has 4 rings (SSSR count). The number of carbonyl (C=O) groups excluding carboxylic acids is 3. The molecule has 6 nitrogen and oxygen atoms in total. The third-order valence-electron chi connectivity index (χ3n) is 6.08. The molecule has 0 aliphatic heterocycles. The fourth-order valence-electron chi connectivity index (χ4n) is 3.84. The lowest BCUT2D eigenvalue weighted by atomic mass is 10.0. The molecule has 0 aliphatic carbocycles. The summed E-state index contributed by atoms with van der Waals surface area (Å²) >= 11 is 8.54. The number of hydrogen-bond acceptors (Lipinski definition) is 7. The van der Waals surface area contributed by atoms with Crippen LogP contribution >= 0.6 is 34.3 Å². The standard InChI is InChI=1S/C30H27ClN2O4S2/c1-18(24-17-38-30(29(24)37)22-8-10-23(31)11-9-22)32-16-26(36)28-14-13-27(39-28)25(35)12-7-20-3-5-21(6-4-20)15-33-19(2)34/h3-6,8-11,13-14,17,37H,7,12,15-16H2,1-2H3,(H,33,34). The molecule has 4 aromatic rings. The van der Waals surface area contributed by atoms with Gasteiger partial charge in [-0.25, -0.2) is 0 Å². The minimum atomic E-state index is -0.180. The third kappa shape index (κ3) is 7.50. The van der Waals surface area contributed by atoms with Gasteiger partial charge in [0.1, 0.15) is 12.3 Å². The summed E-state index contributed by atoms with van der Waals surface area (Å²) in [6.07, 6.45) is 0.926. The van der Waals surface area contributed by atoms with E-state index < -0.39 is 0 Å². The smallest absolute Gasteiger partial charge is 0.217 e. The van der Waals surface area contributed by atoms with Gasteiger partial charge in [-0.3, -0.25) is 19.4 Å². The van der Waals surface area contributed by atoms with E-state index in [1.54, 1.807) is 31.2 Å². The maximum absolute atomic E-state index is 12.8. The molecular weight excluding hydrogens is 552 g/mol. The van der Waals surface area contributed by atoms with E-state index in [0.717, 1.165) is 16.7 Å². The molecule has 0 fully saturated rings. The molecular formula is C30H27ClN2O4S2. The fourth-order valence-corrected chi connectivity index (χ4v) is 5.88. The lowest BCUT2D eigenvalue weighted by Crippen LogP contribution is -2.18. The maximum Gasteiger partial charge on any atom is 0.217 e. The minimum Gasteiger partial charge on any atom is -0.506 e. The van der Waals surface area contributed by atoms with Crippen molar-refractivity contribution in [3.8, 4) is 16.2 Å². The van der Waals surface area contributed by atoms with Gasteiger partial charge in [0.15, 0.2) is 11.6 Å². The second kappa shape index (κ2) is 13.0. The summed E-state index contributed by atoms with van der Waals surface area (Å²) in [7, 11) is 0. The molecule has 0 spiro atoms. The van der Waals surface area contributed by atoms with Crippen LogP contribution in [0.25, 0.3) is 10.4 Å². The predicted octanol–water partition coefficient (Wildman–Crippen LogP) is 6.98. The zero-order valence-electron chi connectivity index (χ0n) is 21.5. The van der Waals surface area contributed by atoms with Gasteiger partial charge in [-0.1, -0.05) is 48.0 Å². The highest BCUT2D eigenvalue weighted by Crippen LogP contribution is 2.39. The first-order valence-electron chi connectivity index (χ1n) is 12.3. The number of ketones is 2. The molecule has 2 aromatic carbocycles. The monoisotopic (exact) mass is 578 g/mol. The molecule has 0 saturated carbocycles. The van der Waals surface area contributed by atoms with Crippen LogP contribution in [0, 0.1) is 0 Å². The molecule has 0 aliphatic rings. The van der Waals surface area contributed by atoms with E-state index in [4.69, 9.17) is 11.6 Å². The van der Waals surface area contributed by atoms with Gasteiger partial charge in [-0.15, -0.1) is 22.7 Å². The summed E-state index contributed by atoms with van der Waals surface area (Å²) in [5, 5.41) is 15.9. The van der Waals surface area contributed by atoms with Crippen LogP contribution in [0.2, 0.25) is 5.02 Å². The van der Waals surface area contributed by atoms with Crippen molar-refractivity contribution in [1.29, 1.82) is 0 Å². The van der Waals surface area contributed by atoms with Gasteiger partial charge in [-0.2, -0.15) is 0 Å². The largest absolute Gasteiger partial charge is 0.506 e. The van der Waals surface area contributed by atoms with E-state index in [9.17, 15) is 19.5 Å². The predicted molar refractivity (Wildman–Crippen MR) is 159 cm³/mol. The van der Waals surface area contributed by atoms with Crippen LogP contribution in [0.15, 0.2) is 71.0 Å². The molecule has 200 valence electrons. The topological polar surface area (TPSA) is 95.8 Å². The van der Waals surface area contributed by atoms with Crippen molar-refractivity contribution in [2.24, 2.45) is 4.99 Å². The number of rotatable bonds is 11. The Kier molecular flexibility index (Phi) is 9.45. The van der Waals surface area contributed by atoms with Gasteiger partial charge < -0.3 is 10.4 Å². The number of thiophene rings is 2. The van der Waals surface area contributed by atoms with Crippen molar-refractivity contribution in [2.45, 2.75) is 33.2 Å². The van der Waals surface area contributed by atoms with Gasteiger partial charge in [0.25, 0.3) is 0 Å². The number of hydrogen-bond donors (Lipinski definition) is 2. The van der Waals surface area contributed by atoms with Crippen molar-refractivity contribution in [3.63, 3.8) is 0 Å². The average Bonchev–Trinajstić information content (AvgIpc) is 3.58. The molecule has 9 heteroatoms. The molecule has 2 aromatic heterocycles. The second-order valence-electron chi connectivity index (χ2n) is 8.97. The van der Waals surface area contributed by atoms with E-state index in [0.29, 0.717) is 50.3 Å². The zero-order chi connectivity index (χ0) is 27.9. The highest BCUT2D eigenvalue weighted by atomic mass is 35.5. The molecule has 0 atom stereocenters. The molecule has 39 heavy (non-hydrogen) atoms. The first-order valence-corrected chi connectivity index (χ1v) is 14.3. The molecule has 2 N–H and O–H groups in total. The molecule has 0 unspecified atom stereocenters. The number of halogens is 1. The van der Waals surface area contributed by atoms with Gasteiger partial charge in [0.2, 0.25) is 5.91 Å². The number of carbonyl (C=O) groups is 3. The lowest BCUT2D eigenvalue weighted by molar-refractivity contribution is -0.119. The summed E-state index contributed by atoms with van der Waals surface area (Å²) in [6.45, 7) is 3.64. The number of aromatic hydroxyl groups is 1. The van der Waals surface area contributed by atoms with E-state index in [1.807, 2.05) is 41.8 Å². The quantitative estimate of drug-likeness (QED) is 0.148. The van der Waals surface area contributed by atoms with Crippen molar-refractivity contribution in [2.75, 3.05) is 6.54 Å². The van der Waals surface area contributed by atoms with Crippen molar-refractivity contribution in [3.05, 3.63) is 97.5 Å². The number of amides is 1. The van der Waals surface area contributed by atoms with E-state index in [-0.39, 0.29) is 29.8 Å². The van der Waals surface area contributed by atoms with E-state index in [1.165, 1.54) is 29.6 Å². The van der Waals surface area contributed by atoms with Crippen LogP contribution in [0.3, 0.4) is 0 Å². The first kappa shape index (κ1) is 28.4. The summed E-state index contributed by atoms with van der Waals surface area (Å²) in [6, 6.07) is 18.4. The van der Waals surface area contributed by atoms with Crippen LogP contribution in [0.1, 0.15) is 56.3 Å². The van der Waals surface area contributed by atoms with E-state index in [2.05, 4.69) is 10.3 Å². The highest BCUT2D eigenvalue weighted by Gasteiger charge is 2.17. The van der Waals surface area contributed by atoms with E-state index >= 15 is 0 Å². The Morgan fingerprint density at radius 1 is 0.897 bits per heavy atom. The first-order chi connectivity index (χ1) is 18.7. The average molecular weight is 579 g/mol. The van der Waals surface area contributed by atoms with Crippen LogP contribution in [-0.2, 0) is 17.8 Å². The third-order valence-corrected chi connectivity index (χ3v) is 8.52. The van der Waals surface area contributed by atoms with Gasteiger partial charge in [0.05, 0.1) is 14.6 Å². The second-order valence-corrected chi connectivity index (χ2v) is 11.4. The summed E-state index contributed by atoms with van der Waals surface area (Å²) < 4.78 is 0. The van der Waals surface area contributed by atoms with Gasteiger partial charge in [-0.05, 0) is 54.3 Å². The Hall–Kier alpha value is -3.59. The Labute approximate surface area is 240 Å². The van der Waals surface area contributed by atoms with Crippen molar-refractivity contribution < 1.29 is 19.5 Å². The summed E-state index contributed by atoms with van der Waals surface area (Å²) in [5.74, 6) is -0.145.